The predicted molar refractivity (Wildman–Crippen MR) is 93.3 cm³/mol. The monoisotopic (exact) mass is 414 g/mol. The van der Waals surface area contributed by atoms with E-state index in [9.17, 15) is 27.6 Å². The van der Waals surface area contributed by atoms with Crippen LogP contribution in [-0.4, -0.2) is 60.6 Å². The Balaban J connectivity index is 1.79. The van der Waals surface area contributed by atoms with E-state index in [1.165, 1.54) is 36.3 Å². The molecule has 0 aliphatic carbocycles. The Labute approximate surface area is 165 Å². The van der Waals surface area contributed by atoms with E-state index in [-0.39, 0.29) is 43.8 Å². The summed E-state index contributed by atoms with van der Waals surface area (Å²) in [5.74, 6) is -2.14. The minimum Gasteiger partial charge on any atom is -0.469 e. The van der Waals surface area contributed by atoms with Gasteiger partial charge in [0.15, 0.2) is 0 Å². The number of carbonyl (C=O) groups is 3. The zero-order valence-electron chi connectivity index (χ0n) is 16.0. The van der Waals surface area contributed by atoms with Crippen molar-refractivity contribution in [1.29, 1.82) is 0 Å². The Kier molecular flexibility index (Phi) is 5.57. The normalized spacial score (nSPS) is 21.6. The smallest absolute Gasteiger partial charge is 0.416 e. The summed E-state index contributed by atoms with van der Waals surface area (Å²) in [6.45, 7) is 0.325. The van der Waals surface area contributed by atoms with Crippen LogP contribution in [0.15, 0.2) is 24.3 Å². The molecule has 7 nitrogen and oxygen atoms in total. The lowest BCUT2D eigenvalue weighted by molar-refractivity contribution is -0.209. The number of carbonyl (C=O) groups excluding carboxylic acids is 3. The molecule has 158 valence electrons. The van der Waals surface area contributed by atoms with E-state index in [1.54, 1.807) is 0 Å². The van der Waals surface area contributed by atoms with E-state index in [2.05, 4.69) is 0 Å². The van der Waals surface area contributed by atoms with Gasteiger partial charge in [0.25, 0.3) is 5.91 Å². The summed E-state index contributed by atoms with van der Waals surface area (Å²) in [7, 11) is 2.57. The quantitative estimate of drug-likeness (QED) is 0.710. The molecular formula is C19H21F3N2O5. The molecule has 1 atom stereocenters. The van der Waals surface area contributed by atoms with Gasteiger partial charge in [-0.3, -0.25) is 19.2 Å². The predicted octanol–water partition coefficient (Wildman–Crippen LogP) is 2.26. The lowest BCUT2D eigenvalue weighted by Crippen LogP contribution is -2.57. The van der Waals surface area contributed by atoms with Crippen molar-refractivity contribution in [1.82, 2.24) is 9.96 Å². The fraction of sp³-hybridized carbons (Fsp3) is 0.526. The van der Waals surface area contributed by atoms with Crippen LogP contribution in [0.25, 0.3) is 0 Å². The molecule has 0 saturated carbocycles. The first kappa shape index (κ1) is 21.1. The van der Waals surface area contributed by atoms with Crippen LogP contribution in [0.4, 0.5) is 13.2 Å². The first-order valence-corrected chi connectivity index (χ1v) is 9.05. The third kappa shape index (κ3) is 3.68. The maximum absolute atomic E-state index is 12.9. The van der Waals surface area contributed by atoms with Crippen LogP contribution in [0.1, 0.15) is 35.2 Å². The van der Waals surface area contributed by atoms with E-state index in [0.717, 1.165) is 12.1 Å². The highest BCUT2D eigenvalue weighted by Crippen LogP contribution is 2.44. The summed E-state index contributed by atoms with van der Waals surface area (Å²) in [5, 5.41) is 1.18. The van der Waals surface area contributed by atoms with Crippen molar-refractivity contribution in [3.63, 3.8) is 0 Å². The molecule has 3 rings (SSSR count). The number of halogens is 3. The van der Waals surface area contributed by atoms with Crippen molar-refractivity contribution in [3.8, 4) is 0 Å². The fourth-order valence-electron chi connectivity index (χ4n) is 4.23. The molecule has 0 N–H and O–H groups in total. The molecule has 1 aromatic carbocycles. The summed E-state index contributed by atoms with van der Waals surface area (Å²) in [6, 6.07) is 4.25. The standard InChI is InChI=1S/C19H21F3N2O5/c1-28-17(27)14-11-15(25)24(29-2)18(14)6-8-23(9-7-18)16(26)12-4-3-5-13(10-12)19(20,21)22/h3-5,10,14H,6-9,11H2,1-2H3. The van der Waals surface area contributed by atoms with Crippen LogP contribution in [0.3, 0.4) is 0 Å². The number of nitrogens with zero attached hydrogens (tertiary/aromatic N) is 2. The molecule has 2 saturated heterocycles. The van der Waals surface area contributed by atoms with E-state index < -0.39 is 35.1 Å². The highest BCUT2D eigenvalue weighted by molar-refractivity contribution is 5.94. The van der Waals surface area contributed by atoms with Crippen LogP contribution in [0.2, 0.25) is 0 Å². The molecule has 1 aromatic rings. The number of esters is 1. The number of likely N-dealkylation sites (tertiary alicyclic amines) is 1. The van der Waals surface area contributed by atoms with Gasteiger partial charge >= 0.3 is 12.1 Å². The molecule has 1 unspecified atom stereocenters. The lowest BCUT2D eigenvalue weighted by Gasteiger charge is -2.45. The van der Waals surface area contributed by atoms with Crippen LogP contribution in [-0.2, 0) is 25.3 Å². The number of methoxy groups -OCH3 is 1. The topological polar surface area (TPSA) is 76.2 Å². The molecule has 0 bridgehead atoms. The van der Waals surface area contributed by atoms with Gasteiger partial charge in [0.1, 0.15) is 0 Å². The minimum atomic E-state index is -4.54. The largest absolute Gasteiger partial charge is 0.469 e. The average molecular weight is 414 g/mol. The van der Waals surface area contributed by atoms with Gasteiger partial charge in [0.05, 0.1) is 31.2 Å². The molecule has 10 heteroatoms. The van der Waals surface area contributed by atoms with E-state index >= 15 is 0 Å². The molecule has 2 aliphatic heterocycles. The van der Waals surface area contributed by atoms with Crippen molar-refractivity contribution < 1.29 is 37.1 Å². The van der Waals surface area contributed by atoms with Crippen LogP contribution < -0.4 is 0 Å². The number of hydroxylamine groups is 2. The molecule has 0 radical (unpaired) electrons. The number of ether oxygens (including phenoxy) is 1. The Morgan fingerprint density at radius 3 is 2.38 bits per heavy atom. The molecule has 2 fully saturated rings. The van der Waals surface area contributed by atoms with Crippen LogP contribution in [0.5, 0.6) is 0 Å². The second kappa shape index (κ2) is 7.66. The first-order valence-electron chi connectivity index (χ1n) is 9.05. The lowest BCUT2D eigenvalue weighted by atomic mass is 9.77. The molecule has 0 aromatic heterocycles. The van der Waals surface area contributed by atoms with Gasteiger partial charge in [-0.15, -0.1) is 0 Å². The second-order valence-electron chi connectivity index (χ2n) is 7.12. The summed E-state index contributed by atoms with van der Waals surface area (Å²) >= 11 is 0. The fourth-order valence-corrected chi connectivity index (χ4v) is 4.23. The van der Waals surface area contributed by atoms with E-state index in [1.807, 2.05) is 0 Å². The molecule has 2 aliphatic rings. The van der Waals surface area contributed by atoms with Gasteiger partial charge < -0.3 is 9.64 Å². The SMILES string of the molecule is COC(=O)C1CC(=O)N(OC)C12CCN(C(=O)c1cccc(C(F)(F)F)c1)CC2. The Hall–Kier alpha value is -2.62. The van der Waals surface area contributed by atoms with Crippen molar-refractivity contribution in [2.24, 2.45) is 5.92 Å². The zero-order chi connectivity index (χ0) is 21.4. The van der Waals surface area contributed by atoms with Gasteiger partial charge in [-0.1, -0.05) is 6.07 Å². The van der Waals surface area contributed by atoms with Gasteiger partial charge in [0.2, 0.25) is 5.91 Å². The molecular weight excluding hydrogens is 393 g/mol. The number of hydrogen-bond donors (Lipinski definition) is 0. The second-order valence-corrected chi connectivity index (χ2v) is 7.12. The highest BCUT2D eigenvalue weighted by Gasteiger charge is 2.58. The molecule has 2 heterocycles. The number of hydrogen-bond acceptors (Lipinski definition) is 5. The van der Waals surface area contributed by atoms with E-state index in [0.29, 0.717) is 0 Å². The van der Waals surface area contributed by atoms with Crippen molar-refractivity contribution in [2.45, 2.75) is 31.0 Å². The maximum Gasteiger partial charge on any atom is 0.416 e. The maximum atomic E-state index is 12.9. The molecule has 2 amide bonds. The molecule has 1 spiro atoms. The minimum absolute atomic E-state index is 0.0535. The third-order valence-corrected chi connectivity index (χ3v) is 5.68. The highest BCUT2D eigenvalue weighted by atomic mass is 19.4. The van der Waals surface area contributed by atoms with Crippen molar-refractivity contribution in [3.05, 3.63) is 35.4 Å². The third-order valence-electron chi connectivity index (χ3n) is 5.68. The zero-order valence-corrected chi connectivity index (χ0v) is 16.0. The van der Waals surface area contributed by atoms with Crippen LogP contribution >= 0.6 is 0 Å². The average Bonchev–Trinajstić information content (AvgIpc) is 2.97. The number of amides is 2. The van der Waals surface area contributed by atoms with Crippen LogP contribution in [0, 0.1) is 5.92 Å². The van der Waals surface area contributed by atoms with Gasteiger partial charge in [-0.2, -0.15) is 13.2 Å². The van der Waals surface area contributed by atoms with E-state index in [4.69, 9.17) is 9.57 Å². The summed E-state index contributed by atoms with van der Waals surface area (Å²) in [6.07, 6.45) is -4.10. The van der Waals surface area contributed by atoms with Gasteiger partial charge in [0, 0.05) is 25.1 Å². The Morgan fingerprint density at radius 2 is 1.83 bits per heavy atom. The summed E-state index contributed by atoms with van der Waals surface area (Å²) in [4.78, 5) is 43.9. The number of piperidine rings is 1. The molecule has 29 heavy (non-hydrogen) atoms. The summed E-state index contributed by atoms with van der Waals surface area (Å²) in [5.41, 5.74) is -1.90. The van der Waals surface area contributed by atoms with Gasteiger partial charge in [-0.25, -0.2) is 5.06 Å². The van der Waals surface area contributed by atoms with Crippen molar-refractivity contribution >= 4 is 17.8 Å². The van der Waals surface area contributed by atoms with Crippen molar-refractivity contribution in [2.75, 3.05) is 27.3 Å². The Morgan fingerprint density at radius 1 is 1.17 bits per heavy atom. The Bertz CT molecular complexity index is 816. The van der Waals surface area contributed by atoms with Gasteiger partial charge in [-0.05, 0) is 31.0 Å². The number of benzene rings is 1. The number of alkyl halides is 3. The first-order chi connectivity index (χ1) is 13.6. The summed E-state index contributed by atoms with van der Waals surface area (Å²) < 4.78 is 43.6. The number of rotatable bonds is 3.